The molecule has 0 spiro atoms. The topological polar surface area (TPSA) is 62.3 Å². The number of hydrogen-bond acceptors (Lipinski definition) is 3. The van der Waals surface area contributed by atoms with Gasteiger partial charge in [-0.25, -0.2) is 0 Å². The van der Waals surface area contributed by atoms with Crippen LogP contribution in [0.1, 0.15) is 0 Å². The number of aromatic nitrogens is 2. The molecule has 1 heterocycles. The Morgan fingerprint density at radius 2 is 1.81 bits per heavy atom. The molecular weight excluding hydrogens is 270 g/mol. The first-order valence-electron chi connectivity index (χ1n) is 4.58. The number of nitrogen functional groups attached to an aromatic ring is 1. The van der Waals surface area contributed by atoms with E-state index in [4.69, 9.17) is 10.5 Å². The summed E-state index contributed by atoms with van der Waals surface area (Å²) in [5, 5.41) is 6.84. The summed E-state index contributed by atoms with van der Waals surface area (Å²) in [6, 6.07) is 11.3. The maximum atomic E-state index is 5.51. The van der Waals surface area contributed by atoms with Crippen LogP contribution >= 0.6 is 0 Å². The highest BCUT2D eigenvalue weighted by atomic mass is 79.9. The van der Waals surface area contributed by atoms with Crippen LogP contribution in [0.3, 0.4) is 0 Å². The summed E-state index contributed by atoms with van der Waals surface area (Å²) in [6.45, 7) is 0. The van der Waals surface area contributed by atoms with Gasteiger partial charge >= 0.3 is 0 Å². The van der Waals surface area contributed by atoms with Crippen molar-refractivity contribution in [1.82, 2.24) is 5.10 Å². The predicted octanol–water partition coefficient (Wildman–Crippen LogP) is -1.84. The van der Waals surface area contributed by atoms with Crippen molar-refractivity contribution in [2.75, 3.05) is 12.8 Å². The molecule has 0 unspecified atom stereocenters. The second kappa shape index (κ2) is 5.46. The zero-order valence-corrected chi connectivity index (χ0v) is 10.4. The number of nitrogens with two attached hydrogens (primary N) is 1. The van der Waals surface area contributed by atoms with Crippen molar-refractivity contribution in [3.63, 3.8) is 0 Å². The summed E-state index contributed by atoms with van der Waals surface area (Å²) < 4.78 is 5.08. The van der Waals surface area contributed by atoms with Gasteiger partial charge in [0.2, 0.25) is 0 Å². The molecule has 5 heteroatoms. The number of anilines is 1. The number of benzene rings is 1. The SMILES string of the molecule is COc1ccc(-c2ccc(N)[nH+]n2)cc1.[Br-]. The quantitative estimate of drug-likeness (QED) is 0.704. The van der Waals surface area contributed by atoms with Crippen molar-refractivity contribution in [3.05, 3.63) is 36.4 Å². The fraction of sp³-hybridized carbons (Fsp3) is 0.0909. The Morgan fingerprint density at radius 1 is 1.12 bits per heavy atom. The highest BCUT2D eigenvalue weighted by Gasteiger charge is 2.01. The van der Waals surface area contributed by atoms with Crippen LogP contribution in [-0.2, 0) is 0 Å². The molecule has 16 heavy (non-hydrogen) atoms. The molecule has 4 nitrogen and oxygen atoms in total. The molecule has 0 aliphatic rings. The highest BCUT2D eigenvalue weighted by Crippen LogP contribution is 2.19. The molecule has 0 fully saturated rings. The van der Waals surface area contributed by atoms with Crippen molar-refractivity contribution in [2.45, 2.75) is 0 Å². The van der Waals surface area contributed by atoms with Crippen LogP contribution in [0, 0.1) is 0 Å². The smallest absolute Gasteiger partial charge is 0.290 e. The van der Waals surface area contributed by atoms with E-state index < -0.39 is 0 Å². The Labute approximate surface area is 104 Å². The minimum atomic E-state index is 0. The Hall–Kier alpha value is -1.62. The molecule has 0 radical (unpaired) electrons. The number of nitrogens with one attached hydrogen (secondary N) is 1. The molecule has 1 aromatic heterocycles. The van der Waals surface area contributed by atoms with Gasteiger partial charge in [-0.15, -0.1) is 5.10 Å². The van der Waals surface area contributed by atoms with Gasteiger partial charge in [-0.3, -0.25) is 5.73 Å². The molecule has 0 bridgehead atoms. The van der Waals surface area contributed by atoms with Gasteiger partial charge in [-0.2, -0.15) is 0 Å². The van der Waals surface area contributed by atoms with Crippen LogP contribution in [-0.4, -0.2) is 12.2 Å². The van der Waals surface area contributed by atoms with E-state index in [1.165, 1.54) is 0 Å². The van der Waals surface area contributed by atoms with Crippen LogP contribution < -0.4 is 32.6 Å². The van der Waals surface area contributed by atoms with Crippen molar-refractivity contribution in [3.8, 4) is 17.0 Å². The van der Waals surface area contributed by atoms with Gasteiger partial charge in [0.05, 0.1) is 7.11 Å². The zero-order chi connectivity index (χ0) is 10.7. The lowest BCUT2D eigenvalue weighted by Gasteiger charge is -2.01. The molecule has 0 saturated carbocycles. The Morgan fingerprint density at radius 3 is 2.31 bits per heavy atom. The molecule has 2 aromatic rings. The molecule has 0 aliphatic heterocycles. The summed E-state index contributed by atoms with van der Waals surface area (Å²) in [7, 11) is 1.64. The van der Waals surface area contributed by atoms with Gasteiger partial charge in [-0.1, -0.05) is 5.10 Å². The van der Waals surface area contributed by atoms with Crippen molar-refractivity contribution in [1.29, 1.82) is 0 Å². The van der Waals surface area contributed by atoms with Crippen molar-refractivity contribution < 1.29 is 26.8 Å². The van der Waals surface area contributed by atoms with E-state index in [2.05, 4.69) is 10.2 Å². The minimum Gasteiger partial charge on any atom is -1.00 e. The molecule has 0 atom stereocenters. The Bertz CT molecular complexity index is 442. The lowest BCUT2D eigenvalue weighted by Crippen LogP contribution is -3.00. The second-order valence-electron chi connectivity index (χ2n) is 3.13. The van der Waals surface area contributed by atoms with Gasteiger partial charge < -0.3 is 21.7 Å². The number of aromatic amines is 1. The van der Waals surface area contributed by atoms with E-state index >= 15 is 0 Å². The first kappa shape index (κ1) is 12.4. The normalized spacial score (nSPS) is 9.31. The molecule has 0 saturated heterocycles. The van der Waals surface area contributed by atoms with Crippen molar-refractivity contribution in [2.24, 2.45) is 0 Å². The number of rotatable bonds is 2. The first-order chi connectivity index (χ1) is 7.29. The van der Waals surface area contributed by atoms with Crippen molar-refractivity contribution >= 4 is 5.82 Å². The van der Waals surface area contributed by atoms with E-state index in [1.807, 2.05) is 30.3 Å². The Kier molecular flexibility index (Phi) is 4.25. The number of halogens is 1. The molecule has 3 N–H and O–H groups in total. The standard InChI is InChI=1S/C11H11N3O.BrH/c1-15-9-4-2-8(3-5-9)10-6-7-11(12)14-13-10;/h2-7H,1H3,(H2,12,14);1H. The monoisotopic (exact) mass is 281 g/mol. The average Bonchev–Trinajstić information content (AvgIpc) is 2.30. The third kappa shape index (κ3) is 2.70. The van der Waals surface area contributed by atoms with Gasteiger partial charge in [-0.05, 0) is 30.3 Å². The average molecular weight is 282 g/mol. The first-order valence-corrected chi connectivity index (χ1v) is 4.58. The van der Waals surface area contributed by atoms with E-state index in [0.29, 0.717) is 5.82 Å². The number of methoxy groups -OCH3 is 1. The lowest BCUT2D eigenvalue weighted by atomic mass is 10.1. The third-order valence-electron chi connectivity index (χ3n) is 2.11. The molecular formula is C11H12BrN3O. The number of H-pyrrole nitrogens is 1. The van der Waals surface area contributed by atoms with Gasteiger partial charge in [0, 0.05) is 11.6 Å². The van der Waals surface area contributed by atoms with E-state index in [9.17, 15) is 0 Å². The third-order valence-corrected chi connectivity index (χ3v) is 2.11. The molecule has 0 aliphatic carbocycles. The van der Waals surface area contributed by atoms with Crippen LogP contribution in [0.5, 0.6) is 5.75 Å². The maximum Gasteiger partial charge on any atom is 0.290 e. The van der Waals surface area contributed by atoms with Crippen LogP contribution in [0.15, 0.2) is 36.4 Å². The number of ether oxygens (including phenoxy) is 1. The molecule has 0 amide bonds. The van der Waals surface area contributed by atoms with E-state index in [1.54, 1.807) is 13.2 Å². The number of nitrogens with zero attached hydrogens (tertiary/aromatic N) is 1. The van der Waals surface area contributed by atoms with Gasteiger partial charge in [0.15, 0.2) is 0 Å². The van der Waals surface area contributed by atoms with Gasteiger partial charge in [0.25, 0.3) is 5.82 Å². The summed E-state index contributed by atoms with van der Waals surface area (Å²) >= 11 is 0. The summed E-state index contributed by atoms with van der Waals surface area (Å²) in [4.78, 5) is 0. The summed E-state index contributed by atoms with van der Waals surface area (Å²) in [5.74, 6) is 1.38. The molecule has 2 rings (SSSR count). The molecule has 84 valence electrons. The minimum absolute atomic E-state index is 0. The van der Waals surface area contributed by atoms with Crippen LogP contribution in [0.2, 0.25) is 0 Å². The summed E-state index contributed by atoms with van der Waals surface area (Å²) in [5.41, 5.74) is 7.39. The summed E-state index contributed by atoms with van der Waals surface area (Å²) in [6.07, 6.45) is 0. The van der Waals surface area contributed by atoms with Crippen LogP contribution in [0.25, 0.3) is 11.3 Å². The second-order valence-corrected chi connectivity index (χ2v) is 3.13. The largest absolute Gasteiger partial charge is 1.00 e. The van der Waals surface area contributed by atoms with E-state index in [-0.39, 0.29) is 17.0 Å². The highest BCUT2D eigenvalue weighted by molar-refractivity contribution is 5.59. The Balaban J connectivity index is 0.00000128. The fourth-order valence-corrected chi connectivity index (χ4v) is 1.29. The van der Waals surface area contributed by atoms with Crippen LogP contribution in [0.4, 0.5) is 5.82 Å². The zero-order valence-electron chi connectivity index (χ0n) is 8.77. The molecule has 1 aromatic carbocycles. The van der Waals surface area contributed by atoms with E-state index in [0.717, 1.165) is 17.0 Å². The fourth-order valence-electron chi connectivity index (χ4n) is 1.29. The lowest BCUT2D eigenvalue weighted by molar-refractivity contribution is -0.437. The van der Waals surface area contributed by atoms with Gasteiger partial charge in [0.1, 0.15) is 11.4 Å². The maximum absolute atomic E-state index is 5.51. The predicted molar refractivity (Wildman–Crippen MR) is 57.2 cm³/mol. The number of hydrogen-bond donors (Lipinski definition) is 1.